The van der Waals surface area contributed by atoms with Gasteiger partial charge in [0.1, 0.15) is 29.3 Å². The molecule has 1 aromatic rings. The first kappa shape index (κ1) is 17.0. The summed E-state index contributed by atoms with van der Waals surface area (Å²) in [5.41, 5.74) is 6.82. The standard InChI is InChI=1S/C18H23N7/c19-12-14(13-20)11-15-16(24-7-3-1-4-8-24)22-18(21)23-17(15)25-9-5-2-6-10-25/h11H,1-10H2,(H2,21,22,23). The largest absolute Gasteiger partial charge is 0.368 e. The summed E-state index contributed by atoms with van der Waals surface area (Å²) in [7, 11) is 0. The van der Waals surface area contributed by atoms with Gasteiger partial charge in [-0.1, -0.05) is 0 Å². The third-order valence-electron chi connectivity index (χ3n) is 4.76. The molecule has 0 bridgehead atoms. The molecular weight excluding hydrogens is 314 g/mol. The fraction of sp³-hybridized carbons (Fsp3) is 0.556. The van der Waals surface area contributed by atoms with Crippen molar-refractivity contribution in [3.8, 4) is 12.1 Å². The van der Waals surface area contributed by atoms with Crippen molar-refractivity contribution in [2.75, 3.05) is 41.7 Å². The number of nitriles is 2. The zero-order valence-electron chi connectivity index (χ0n) is 14.4. The van der Waals surface area contributed by atoms with Gasteiger partial charge in [0, 0.05) is 26.2 Å². The summed E-state index contributed by atoms with van der Waals surface area (Å²) in [4.78, 5) is 13.4. The van der Waals surface area contributed by atoms with E-state index in [1.165, 1.54) is 12.8 Å². The Morgan fingerprint density at radius 3 is 1.68 bits per heavy atom. The van der Waals surface area contributed by atoms with Crippen LogP contribution in [0.1, 0.15) is 44.1 Å². The van der Waals surface area contributed by atoms with Crippen molar-refractivity contribution in [2.24, 2.45) is 0 Å². The molecule has 0 aromatic carbocycles. The Bertz CT molecular complexity index is 674. The van der Waals surface area contributed by atoms with Gasteiger partial charge in [-0.05, 0) is 44.6 Å². The van der Waals surface area contributed by atoms with Gasteiger partial charge in [-0.15, -0.1) is 0 Å². The molecule has 0 aliphatic carbocycles. The Balaban J connectivity index is 2.12. The number of nitrogens with two attached hydrogens (primary N) is 1. The molecular formula is C18H23N7. The molecule has 0 spiro atoms. The van der Waals surface area contributed by atoms with Crippen LogP contribution in [0.5, 0.6) is 0 Å². The van der Waals surface area contributed by atoms with Crippen LogP contribution in [0.15, 0.2) is 5.57 Å². The van der Waals surface area contributed by atoms with Crippen molar-refractivity contribution in [1.82, 2.24) is 9.97 Å². The molecule has 0 atom stereocenters. The van der Waals surface area contributed by atoms with Gasteiger partial charge in [0.2, 0.25) is 5.95 Å². The van der Waals surface area contributed by atoms with Crippen LogP contribution in [0.2, 0.25) is 0 Å². The van der Waals surface area contributed by atoms with Crippen molar-refractivity contribution < 1.29 is 0 Å². The maximum atomic E-state index is 9.21. The minimum atomic E-state index is 0.0601. The second-order valence-corrected chi connectivity index (χ2v) is 6.52. The third-order valence-corrected chi connectivity index (χ3v) is 4.76. The highest BCUT2D eigenvalue weighted by Gasteiger charge is 2.24. The maximum absolute atomic E-state index is 9.21. The molecule has 7 heteroatoms. The summed E-state index contributed by atoms with van der Waals surface area (Å²) in [5, 5.41) is 18.4. The SMILES string of the molecule is N#CC(C#N)=Cc1c(N2CCCCC2)nc(N)nc1N1CCCCC1. The Morgan fingerprint density at radius 1 is 0.840 bits per heavy atom. The minimum Gasteiger partial charge on any atom is -0.368 e. The number of allylic oxidation sites excluding steroid dienone is 1. The van der Waals surface area contributed by atoms with E-state index in [1.54, 1.807) is 6.08 Å². The summed E-state index contributed by atoms with van der Waals surface area (Å²) in [6, 6.07) is 3.90. The quantitative estimate of drug-likeness (QED) is 0.844. The lowest BCUT2D eigenvalue weighted by Crippen LogP contribution is -2.34. The van der Waals surface area contributed by atoms with Crippen LogP contribution in [-0.2, 0) is 0 Å². The maximum Gasteiger partial charge on any atom is 0.223 e. The zero-order chi connectivity index (χ0) is 17.6. The number of hydrogen-bond donors (Lipinski definition) is 1. The van der Waals surface area contributed by atoms with Crippen LogP contribution in [0.3, 0.4) is 0 Å². The van der Waals surface area contributed by atoms with Gasteiger partial charge in [-0.2, -0.15) is 20.5 Å². The first-order chi connectivity index (χ1) is 12.2. The van der Waals surface area contributed by atoms with E-state index in [1.807, 2.05) is 12.1 Å². The lowest BCUT2D eigenvalue weighted by atomic mass is 10.1. The van der Waals surface area contributed by atoms with Crippen molar-refractivity contribution in [2.45, 2.75) is 38.5 Å². The number of nitrogen functional groups attached to an aromatic ring is 1. The van der Waals surface area contributed by atoms with Crippen molar-refractivity contribution in [3.05, 3.63) is 11.1 Å². The molecule has 3 rings (SSSR count). The number of hydrogen-bond acceptors (Lipinski definition) is 7. The summed E-state index contributed by atoms with van der Waals surface area (Å²) in [5.74, 6) is 1.74. The van der Waals surface area contributed by atoms with Gasteiger partial charge in [-0.3, -0.25) is 0 Å². The average Bonchev–Trinajstić information content (AvgIpc) is 2.68. The number of piperidine rings is 2. The Hall–Kier alpha value is -2.80. The fourth-order valence-corrected chi connectivity index (χ4v) is 3.52. The molecule has 0 radical (unpaired) electrons. The molecule has 0 saturated carbocycles. The molecule has 7 nitrogen and oxygen atoms in total. The molecule has 2 N–H and O–H groups in total. The number of nitrogens with zero attached hydrogens (tertiary/aromatic N) is 6. The van der Waals surface area contributed by atoms with Gasteiger partial charge in [0.05, 0.1) is 5.56 Å². The Morgan fingerprint density at radius 2 is 1.28 bits per heavy atom. The molecule has 3 heterocycles. The third kappa shape index (κ3) is 3.83. The van der Waals surface area contributed by atoms with E-state index in [-0.39, 0.29) is 11.5 Å². The van der Waals surface area contributed by atoms with Gasteiger partial charge >= 0.3 is 0 Å². The second kappa shape index (κ2) is 7.85. The Kier molecular flexibility index (Phi) is 5.35. The molecule has 0 amide bonds. The van der Waals surface area contributed by atoms with Crippen LogP contribution >= 0.6 is 0 Å². The number of rotatable bonds is 3. The van der Waals surface area contributed by atoms with Gasteiger partial charge in [0.25, 0.3) is 0 Å². The van der Waals surface area contributed by atoms with E-state index >= 15 is 0 Å². The molecule has 2 saturated heterocycles. The lowest BCUT2D eigenvalue weighted by Gasteiger charge is -2.33. The van der Waals surface area contributed by atoms with Crippen LogP contribution in [0.4, 0.5) is 17.6 Å². The highest BCUT2D eigenvalue weighted by molar-refractivity contribution is 5.79. The number of aromatic nitrogens is 2. The Labute approximate surface area is 148 Å². The summed E-state index contributed by atoms with van der Waals surface area (Å²) in [6.07, 6.45) is 8.47. The van der Waals surface area contributed by atoms with E-state index in [4.69, 9.17) is 5.73 Å². The van der Waals surface area contributed by atoms with Gasteiger partial charge in [-0.25, -0.2) is 0 Å². The topological polar surface area (TPSA) is 106 Å². The molecule has 0 unspecified atom stereocenters. The predicted molar refractivity (Wildman–Crippen MR) is 97.8 cm³/mol. The highest BCUT2D eigenvalue weighted by atomic mass is 15.3. The summed E-state index contributed by atoms with van der Waals surface area (Å²) in [6.45, 7) is 3.63. The first-order valence-corrected chi connectivity index (χ1v) is 8.92. The first-order valence-electron chi connectivity index (χ1n) is 8.92. The molecule has 25 heavy (non-hydrogen) atoms. The smallest absolute Gasteiger partial charge is 0.223 e. The van der Waals surface area contributed by atoms with E-state index in [9.17, 15) is 10.5 Å². The van der Waals surface area contributed by atoms with E-state index in [0.717, 1.165) is 69.1 Å². The highest BCUT2D eigenvalue weighted by Crippen LogP contribution is 2.33. The van der Waals surface area contributed by atoms with Gasteiger partial charge in [0.15, 0.2) is 0 Å². The zero-order valence-corrected chi connectivity index (χ0v) is 14.4. The van der Waals surface area contributed by atoms with E-state index in [2.05, 4.69) is 19.8 Å². The van der Waals surface area contributed by atoms with Crippen molar-refractivity contribution in [1.29, 1.82) is 10.5 Å². The predicted octanol–water partition coefficient (Wildman–Crippen LogP) is 2.47. The van der Waals surface area contributed by atoms with Crippen LogP contribution in [0.25, 0.3) is 6.08 Å². The molecule has 130 valence electrons. The van der Waals surface area contributed by atoms with Crippen molar-refractivity contribution >= 4 is 23.7 Å². The molecule has 1 aromatic heterocycles. The van der Waals surface area contributed by atoms with Crippen LogP contribution in [-0.4, -0.2) is 36.1 Å². The molecule has 2 aliphatic heterocycles. The fourth-order valence-electron chi connectivity index (χ4n) is 3.52. The van der Waals surface area contributed by atoms with Crippen LogP contribution < -0.4 is 15.5 Å². The minimum absolute atomic E-state index is 0.0601. The molecule has 2 aliphatic rings. The monoisotopic (exact) mass is 337 g/mol. The second-order valence-electron chi connectivity index (χ2n) is 6.52. The van der Waals surface area contributed by atoms with Gasteiger partial charge < -0.3 is 15.5 Å². The number of anilines is 3. The summed E-state index contributed by atoms with van der Waals surface area (Å²) < 4.78 is 0. The normalized spacial score (nSPS) is 17.5. The van der Waals surface area contributed by atoms with Crippen LogP contribution in [0, 0.1) is 22.7 Å². The van der Waals surface area contributed by atoms with E-state index < -0.39 is 0 Å². The van der Waals surface area contributed by atoms with Crippen molar-refractivity contribution in [3.63, 3.8) is 0 Å². The van der Waals surface area contributed by atoms with E-state index in [0.29, 0.717) is 0 Å². The molecule has 2 fully saturated rings. The average molecular weight is 337 g/mol. The summed E-state index contributed by atoms with van der Waals surface area (Å²) >= 11 is 0. The lowest BCUT2D eigenvalue weighted by molar-refractivity contribution is 0.566.